The van der Waals surface area contributed by atoms with E-state index in [1.54, 1.807) is 0 Å². The lowest BCUT2D eigenvalue weighted by Crippen LogP contribution is -2.47. The molecule has 1 saturated carbocycles. The molecule has 0 aromatic carbocycles. The lowest BCUT2D eigenvalue weighted by atomic mass is 9.76. The normalized spacial score (nSPS) is 29.3. The zero-order valence-corrected chi connectivity index (χ0v) is 14.4. The van der Waals surface area contributed by atoms with E-state index < -0.39 is 0 Å². The first-order chi connectivity index (χ1) is 11.1. The smallest absolute Gasteiger partial charge is 0.223 e. The van der Waals surface area contributed by atoms with E-state index in [-0.39, 0.29) is 5.92 Å². The molecule has 23 heavy (non-hydrogen) atoms. The van der Waals surface area contributed by atoms with Crippen molar-refractivity contribution in [3.63, 3.8) is 0 Å². The van der Waals surface area contributed by atoms with Crippen LogP contribution in [-0.2, 0) is 4.79 Å². The van der Waals surface area contributed by atoms with E-state index in [0.717, 1.165) is 44.6 Å². The van der Waals surface area contributed by atoms with Crippen LogP contribution in [0.15, 0.2) is 24.4 Å². The number of amides is 1. The molecular weight excluding hydrogens is 286 g/mol. The number of carbonyl (C=O) groups is 1. The van der Waals surface area contributed by atoms with E-state index in [4.69, 9.17) is 0 Å². The van der Waals surface area contributed by atoms with Gasteiger partial charge in [-0.05, 0) is 56.1 Å². The lowest BCUT2D eigenvalue weighted by Gasteiger charge is -2.35. The van der Waals surface area contributed by atoms with Gasteiger partial charge in [-0.3, -0.25) is 4.79 Å². The van der Waals surface area contributed by atoms with Crippen LogP contribution in [0.3, 0.4) is 0 Å². The predicted molar refractivity (Wildman–Crippen MR) is 93.3 cm³/mol. The van der Waals surface area contributed by atoms with Crippen molar-refractivity contribution in [2.24, 2.45) is 17.8 Å². The third-order valence-corrected chi connectivity index (χ3v) is 5.36. The van der Waals surface area contributed by atoms with E-state index in [2.05, 4.69) is 35.1 Å². The Morgan fingerprint density at radius 3 is 2.43 bits per heavy atom. The number of pyridine rings is 1. The van der Waals surface area contributed by atoms with Crippen LogP contribution in [0.4, 0.5) is 5.82 Å². The van der Waals surface area contributed by atoms with Gasteiger partial charge >= 0.3 is 0 Å². The van der Waals surface area contributed by atoms with Gasteiger partial charge < -0.3 is 10.2 Å². The maximum Gasteiger partial charge on any atom is 0.223 e. The summed E-state index contributed by atoms with van der Waals surface area (Å²) in [5.74, 6) is 2.93. The van der Waals surface area contributed by atoms with Crippen molar-refractivity contribution in [2.75, 3.05) is 18.0 Å². The van der Waals surface area contributed by atoms with Crippen LogP contribution in [0.1, 0.15) is 46.0 Å². The van der Waals surface area contributed by atoms with Crippen molar-refractivity contribution in [3.05, 3.63) is 24.4 Å². The number of nitrogens with one attached hydrogen (secondary N) is 1. The van der Waals surface area contributed by atoms with Gasteiger partial charge in [0.2, 0.25) is 5.91 Å². The second-order valence-electron chi connectivity index (χ2n) is 7.57. The second-order valence-corrected chi connectivity index (χ2v) is 7.57. The molecule has 2 heterocycles. The summed E-state index contributed by atoms with van der Waals surface area (Å²) in [5.41, 5.74) is 0. The van der Waals surface area contributed by atoms with Crippen molar-refractivity contribution < 1.29 is 4.79 Å². The molecule has 0 bridgehead atoms. The largest absolute Gasteiger partial charge is 0.356 e. The van der Waals surface area contributed by atoms with E-state index >= 15 is 0 Å². The van der Waals surface area contributed by atoms with Gasteiger partial charge in [0, 0.05) is 31.2 Å². The number of aromatic nitrogens is 1. The van der Waals surface area contributed by atoms with Crippen LogP contribution in [0.2, 0.25) is 0 Å². The number of anilines is 1. The molecule has 2 unspecified atom stereocenters. The van der Waals surface area contributed by atoms with E-state index in [1.165, 1.54) is 6.42 Å². The summed E-state index contributed by atoms with van der Waals surface area (Å²) in [6.45, 7) is 6.50. The summed E-state index contributed by atoms with van der Waals surface area (Å²) < 4.78 is 0. The Labute approximate surface area is 139 Å². The molecule has 4 heteroatoms. The van der Waals surface area contributed by atoms with Gasteiger partial charge in [0.15, 0.2) is 0 Å². The minimum Gasteiger partial charge on any atom is -0.356 e. The second kappa shape index (κ2) is 7.33. The number of rotatable bonds is 3. The molecule has 1 aliphatic carbocycles. The predicted octanol–water partition coefficient (Wildman–Crippen LogP) is 3.24. The molecule has 4 nitrogen and oxygen atoms in total. The summed E-state index contributed by atoms with van der Waals surface area (Å²) in [7, 11) is 0. The standard InChI is InChI=1S/C19H29N3O/c1-14-11-15(2)13-16(12-14)19(23)21-17-6-9-22(10-7-17)18-5-3-4-8-20-18/h3-5,8,14-17H,6-7,9-13H2,1-2H3,(H,21,23). The molecule has 2 aliphatic rings. The molecule has 1 aliphatic heterocycles. The number of nitrogens with zero attached hydrogens (tertiary/aromatic N) is 2. The first-order valence-corrected chi connectivity index (χ1v) is 9.08. The minimum absolute atomic E-state index is 0.225. The zero-order chi connectivity index (χ0) is 16.2. The maximum atomic E-state index is 12.6. The highest BCUT2D eigenvalue weighted by atomic mass is 16.1. The molecule has 1 aromatic heterocycles. The maximum absolute atomic E-state index is 12.6. The average Bonchev–Trinajstić information content (AvgIpc) is 2.55. The van der Waals surface area contributed by atoms with E-state index in [9.17, 15) is 4.79 Å². The first kappa shape index (κ1) is 16.3. The quantitative estimate of drug-likeness (QED) is 0.931. The number of carbonyl (C=O) groups excluding carboxylic acids is 1. The van der Waals surface area contributed by atoms with Crippen LogP contribution in [-0.4, -0.2) is 30.0 Å². The summed E-state index contributed by atoms with van der Waals surface area (Å²) >= 11 is 0. The Morgan fingerprint density at radius 1 is 1.13 bits per heavy atom. The molecule has 1 aromatic rings. The fraction of sp³-hybridized carbons (Fsp3) is 0.684. The van der Waals surface area contributed by atoms with Crippen molar-refractivity contribution in [2.45, 2.75) is 52.0 Å². The molecule has 1 amide bonds. The highest BCUT2D eigenvalue weighted by Crippen LogP contribution is 2.33. The van der Waals surface area contributed by atoms with Crippen molar-refractivity contribution in [1.82, 2.24) is 10.3 Å². The van der Waals surface area contributed by atoms with Crippen LogP contribution in [0.5, 0.6) is 0 Å². The minimum atomic E-state index is 0.225. The Kier molecular flexibility index (Phi) is 5.19. The molecule has 1 N–H and O–H groups in total. The van der Waals surface area contributed by atoms with Crippen LogP contribution < -0.4 is 10.2 Å². The zero-order valence-electron chi connectivity index (χ0n) is 14.4. The monoisotopic (exact) mass is 315 g/mol. The molecular formula is C19H29N3O. The molecule has 126 valence electrons. The number of hydrogen-bond donors (Lipinski definition) is 1. The van der Waals surface area contributed by atoms with Crippen molar-refractivity contribution >= 4 is 11.7 Å². The van der Waals surface area contributed by atoms with Crippen LogP contribution >= 0.6 is 0 Å². The summed E-state index contributed by atoms with van der Waals surface area (Å²) in [4.78, 5) is 19.3. The number of hydrogen-bond acceptors (Lipinski definition) is 3. The topological polar surface area (TPSA) is 45.2 Å². The van der Waals surface area contributed by atoms with Gasteiger partial charge in [-0.2, -0.15) is 0 Å². The van der Waals surface area contributed by atoms with Gasteiger partial charge in [0.05, 0.1) is 0 Å². The van der Waals surface area contributed by atoms with Crippen molar-refractivity contribution in [1.29, 1.82) is 0 Å². The van der Waals surface area contributed by atoms with Gasteiger partial charge in [0.25, 0.3) is 0 Å². The first-order valence-electron chi connectivity index (χ1n) is 9.08. The Bertz CT molecular complexity index is 501. The summed E-state index contributed by atoms with van der Waals surface area (Å²) in [6, 6.07) is 6.36. The SMILES string of the molecule is CC1CC(C)CC(C(=O)NC2CCN(c3ccccn3)CC2)C1. The molecule has 2 atom stereocenters. The highest BCUT2D eigenvalue weighted by Gasteiger charge is 2.30. The molecule has 0 spiro atoms. The fourth-order valence-electron chi connectivity index (χ4n) is 4.27. The molecule has 2 fully saturated rings. The Morgan fingerprint density at radius 2 is 1.83 bits per heavy atom. The fourth-order valence-corrected chi connectivity index (χ4v) is 4.27. The Hall–Kier alpha value is -1.58. The highest BCUT2D eigenvalue weighted by molar-refractivity contribution is 5.79. The molecule has 0 radical (unpaired) electrons. The van der Waals surface area contributed by atoms with Gasteiger partial charge in [-0.25, -0.2) is 4.98 Å². The third kappa shape index (κ3) is 4.24. The lowest BCUT2D eigenvalue weighted by molar-refractivity contribution is -0.127. The Balaban J connectivity index is 1.48. The summed E-state index contributed by atoms with van der Waals surface area (Å²) in [6.07, 6.45) is 7.26. The number of piperidine rings is 1. The van der Waals surface area contributed by atoms with Crippen LogP contribution in [0, 0.1) is 17.8 Å². The summed E-state index contributed by atoms with van der Waals surface area (Å²) in [5, 5.41) is 3.32. The van der Waals surface area contributed by atoms with E-state index in [0.29, 0.717) is 23.8 Å². The van der Waals surface area contributed by atoms with Gasteiger partial charge in [0.1, 0.15) is 5.82 Å². The van der Waals surface area contributed by atoms with Gasteiger partial charge in [-0.1, -0.05) is 19.9 Å². The van der Waals surface area contributed by atoms with E-state index in [1.807, 2.05) is 18.3 Å². The average molecular weight is 315 g/mol. The van der Waals surface area contributed by atoms with Crippen molar-refractivity contribution in [3.8, 4) is 0 Å². The molecule has 1 saturated heterocycles. The third-order valence-electron chi connectivity index (χ3n) is 5.36. The van der Waals surface area contributed by atoms with Gasteiger partial charge in [-0.15, -0.1) is 0 Å². The van der Waals surface area contributed by atoms with Crippen LogP contribution in [0.25, 0.3) is 0 Å². The molecule has 3 rings (SSSR count).